The molecule has 0 bridgehead atoms. The maximum Gasteiger partial charge on any atom is 0.0406 e. The van der Waals surface area contributed by atoms with Gasteiger partial charge in [-0.05, 0) is 58.8 Å². The van der Waals surface area contributed by atoms with Crippen molar-refractivity contribution in [1.82, 2.24) is 0 Å². The molecule has 0 amide bonds. The summed E-state index contributed by atoms with van der Waals surface area (Å²) < 4.78 is 0. The minimum atomic E-state index is 0.644. The summed E-state index contributed by atoms with van der Waals surface area (Å²) in [6, 6.07) is 10.4. The van der Waals surface area contributed by atoms with E-state index in [1.807, 2.05) is 12.1 Å². The van der Waals surface area contributed by atoms with Gasteiger partial charge in [-0.3, -0.25) is 0 Å². The van der Waals surface area contributed by atoms with E-state index in [0.29, 0.717) is 5.92 Å². The third-order valence-corrected chi connectivity index (χ3v) is 4.66. The largest absolute Gasteiger partial charge is 0.152 e. The summed E-state index contributed by atoms with van der Waals surface area (Å²) in [5.41, 5.74) is 2.79. The second kappa shape index (κ2) is 6.58. The fraction of sp³-hybridized carbons (Fsp3) is 0.286. The zero-order valence-corrected chi connectivity index (χ0v) is 12.6. The van der Waals surface area contributed by atoms with Crippen molar-refractivity contribution >= 4 is 38.9 Å². The van der Waals surface area contributed by atoms with E-state index in [2.05, 4.69) is 44.9 Å². The van der Waals surface area contributed by atoms with E-state index in [4.69, 9.17) is 11.6 Å². The van der Waals surface area contributed by atoms with Crippen molar-refractivity contribution in [2.24, 2.45) is 5.92 Å². The fourth-order valence-corrected chi connectivity index (χ4v) is 3.14. The van der Waals surface area contributed by atoms with Gasteiger partial charge in [-0.1, -0.05) is 39.7 Å². The molecule has 0 aliphatic carbocycles. The van der Waals surface area contributed by atoms with Crippen molar-refractivity contribution in [2.75, 3.05) is 5.33 Å². The number of thiophene rings is 1. The number of benzene rings is 1. The normalized spacial score (nSPS) is 12.6. The van der Waals surface area contributed by atoms with Gasteiger partial charge in [0.25, 0.3) is 0 Å². The van der Waals surface area contributed by atoms with Crippen molar-refractivity contribution in [3.63, 3.8) is 0 Å². The van der Waals surface area contributed by atoms with Crippen LogP contribution in [0.3, 0.4) is 0 Å². The van der Waals surface area contributed by atoms with E-state index in [1.165, 1.54) is 11.1 Å². The molecule has 0 nitrogen and oxygen atoms in total. The van der Waals surface area contributed by atoms with Crippen LogP contribution in [0.5, 0.6) is 0 Å². The van der Waals surface area contributed by atoms with Gasteiger partial charge >= 0.3 is 0 Å². The molecule has 90 valence electrons. The Labute approximate surface area is 120 Å². The summed E-state index contributed by atoms with van der Waals surface area (Å²) >= 11 is 11.3. The lowest BCUT2D eigenvalue weighted by atomic mass is 9.95. The second-order valence-corrected chi connectivity index (χ2v) is 6.05. The Hall–Kier alpha value is -0.310. The molecule has 1 aromatic carbocycles. The van der Waals surface area contributed by atoms with Crippen molar-refractivity contribution in [1.29, 1.82) is 0 Å². The molecule has 3 heteroatoms. The molecule has 2 aromatic rings. The predicted octanol–water partition coefficient (Wildman–Crippen LogP) is 5.20. The van der Waals surface area contributed by atoms with Crippen LogP contribution in [-0.4, -0.2) is 5.33 Å². The highest BCUT2D eigenvalue weighted by atomic mass is 79.9. The van der Waals surface area contributed by atoms with Gasteiger partial charge in [0.05, 0.1) is 0 Å². The molecule has 1 unspecified atom stereocenters. The number of halogens is 2. The molecule has 0 N–H and O–H groups in total. The molecule has 1 aromatic heterocycles. The van der Waals surface area contributed by atoms with Gasteiger partial charge < -0.3 is 0 Å². The molecular formula is C14H14BrClS. The zero-order valence-electron chi connectivity index (χ0n) is 9.40. The smallest absolute Gasteiger partial charge is 0.0406 e. The fourth-order valence-electron chi connectivity index (χ4n) is 1.88. The molecule has 0 saturated carbocycles. The van der Waals surface area contributed by atoms with Crippen LogP contribution in [-0.2, 0) is 12.8 Å². The highest BCUT2D eigenvalue weighted by Gasteiger charge is 2.09. The maximum atomic E-state index is 5.89. The van der Waals surface area contributed by atoms with Crippen molar-refractivity contribution in [2.45, 2.75) is 12.8 Å². The van der Waals surface area contributed by atoms with Gasteiger partial charge in [-0.15, -0.1) is 0 Å². The van der Waals surface area contributed by atoms with Gasteiger partial charge in [0.1, 0.15) is 0 Å². The van der Waals surface area contributed by atoms with Gasteiger partial charge in [0.15, 0.2) is 0 Å². The first kappa shape index (κ1) is 13.1. The molecule has 17 heavy (non-hydrogen) atoms. The summed E-state index contributed by atoms with van der Waals surface area (Å²) in [4.78, 5) is 0. The highest BCUT2D eigenvalue weighted by molar-refractivity contribution is 9.09. The summed E-state index contributed by atoms with van der Waals surface area (Å²) in [5.74, 6) is 0.644. The molecule has 1 atom stereocenters. The predicted molar refractivity (Wildman–Crippen MR) is 80.5 cm³/mol. The van der Waals surface area contributed by atoms with Crippen LogP contribution in [0.25, 0.3) is 0 Å². The van der Waals surface area contributed by atoms with Crippen molar-refractivity contribution < 1.29 is 0 Å². The Bertz CT molecular complexity index is 436. The van der Waals surface area contributed by atoms with E-state index in [9.17, 15) is 0 Å². The van der Waals surface area contributed by atoms with E-state index in [1.54, 1.807) is 11.3 Å². The second-order valence-electron chi connectivity index (χ2n) is 4.19. The monoisotopic (exact) mass is 328 g/mol. The molecular weight excluding hydrogens is 316 g/mol. The lowest BCUT2D eigenvalue weighted by Gasteiger charge is -2.13. The van der Waals surface area contributed by atoms with Crippen LogP contribution in [0, 0.1) is 5.92 Å². The SMILES string of the molecule is Clc1ccc(CC(CBr)Cc2ccsc2)cc1. The Morgan fingerprint density at radius 3 is 2.35 bits per heavy atom. The molecule has 0 radical (unpaired) electrons. The average Bonchev–Trinajstić information content (AvgIpc) is 2.84. The first-order valence-electron chi connectivity index (χ1n) is 5.59. The Morgan fingerprint density at radius 1 is 1.06 bits per heavy atom. The molecule has 1 heterocycles. The first-order chi connectivity index (χ1) is 8.28. The minimum absolute atomic E-state index is 0.644. The summed E-state index contributed by atoms with van der Waals surface area (Å²) in [6.45, 7) is 0. The first-order valence-corrected chi connectivity index (χ1v) is 8.03. The van der Waals surface area contributed by atoms with Crippen LogP contribution < -0.4 is 0 Å². The number of rotatable bonds is 5. The summed E-state index contributed by atoms with van der Waals surface area (Å²) in [6.07, 6.45) is 2.23. The Balaban J connectivity index is 1.97. The van der Waals surface area contributed by atoms with Crippen molar-refractivity contribution in [3.8, 4) is 0 Å². The maximum absolute atomic E-state index is 5.89. The third-order valence-electron chi connectivity index (χ3n) is 2.76. The van der Waals surface area contributed by atoms with E-state index in [-0.39, 0.29) is 0 Å². The summed E-state index contributed by atoms with van der Waals surface area (Å²) in [5, 5.41) is 6.22. The topological polar surface area (TPSA) is 0 Å². The lowest BCUT2D eigenvalue weighted by Crippen LogP contribution is -2.09. The van der Waals surface area contributed by atoms with Crippen LogP contribution in [0.1, 0.15) is 11.1 Å². The summed E-state index contributed by atoms with van der Waals surface area (Å²) in [7, 11) is 0. The average molecular weight is 330 g/mol. The zero-order chi connectivity index (χ0) is 12.1. The van der Waals surface area contributed by atoms with Gasteiger partial charge in [-0.25, -0.2) is 0 Å². The molecule has 0 spiro atoms. The molecule has 0 saturated heterocycles. The third kappa shape index (κ3) is 4.13. The van der Waals surface area contributed by atoms with Crippen LogP contribution >= 0.6 is 38.9 Å². The highest BCUT2D eigenvalue weighted by Crippen LogP contribution is 2.19. The molecule has 2 rings (SSSR count). The van der Waals surface area contributed by atoms with E-state index < -0.39 is 0 Å². The Kier molecular flexibility index (Phi) is 5.08. The van der Waals surface area contributed by atoms with Crippen molar-refractivity contribution in [3.05, 3.63) is 57.2 Å². The molecule has 0 aliphatic rings. The van der Waals surface area contributed by atoms with E-state index in [0.717, 1.165) is 23.2 Å². The molecule has 0 aliphatic heterocycles. The number of hydrogen-bond donors (Lipinski definition) is 0. The van der Waals surface area contributed by atoms with Gasteiger partial charge in [-0.2, -0.15) is 11.3 Å². The van der Waals surface area contributed by atoms with E-state index >= 15 is 0 Å². The Morgan fingerprint density at radius 2 is 1.76 bits per heavy atom. The van der Waals surface area contributed by atoms with Gasteiger partial charge in [0, 0.05) is 10.4 Å². The van der Waals surface area contributed by atoms with Crippen LogP contribution in [0.4, 0.5) is 0 Å². The number of alkyl halides is 1. The lowest BCUT2D eigenvalue weighted by molar-refractivity contribution is 0.592. The van der Waals surface area contributed by atoms with Crippen LogP contribution in [0.15, 0.2) is 41.1 Å². The van der Waals surface area contributed by atoms with Gasteiger partial charge in [0.2, 0.25) is 0 Å². The quantitative estimate of drug-likeness (QED) is 0.662. The standard InChI is InChI=1S/C14H14BrClS/c15-9-13(8-12-5-6-17-10-12)7-11-1-3-14(16)4-2-11/h1-6,10,13H,7-9H2. The molecule has 0 fully saturated rings. The number of hydrogen-bond acceptors (Lipinski definition) is 1. The van der Waals surface area contributed by atoms with Crippen LogP contribution in [0.2, 0.25) is 5.02 Å². The minimum Gasteiger partial charge on any atom is -0.152 e.